The molecule has 0 bridgehead atoms. The Balaban J connectivity index is 1.70. The maximum Gasteiger partial charge on any atom is 0.230 e. The zero-order valence-electron chi connectivity index (χ0n) is 16.0. The molecule has 1 atom stereocenters. The molecule has 6 nitrogen and oxygen atoms in total. The third kappa shape index (κ3) is 5.63. The van der Waals surface area contributed by atoms with E-state index >= 15 is 0 Å². The van der Waals surface area contributed by atoms with Gasteiger partial charge in [0.15, 0.2) is 11.0 Å². The summed E-state index contributed by atoms with van der Waals surface area (Å²) in [6.45, 7) is 6.31. The first-order valence-corrected chi connectivity index (χ1v) is 11.1. The third-order valence-electron chi connectivity index (χ3n) is 4.32. The van der Waals surface area contributed by atoms with Crippen molar-refractivity contribution in [3.8, 4) is 11.4 Å². The second-order valence-electron chi connectivity index (χ2n) is 7.16. The van der Waals surface area contributed by atoms with E-state index in [0.29, 0.717) is 33.5 Å². The second kappa shape index (κ2) is 9.96. The summed E-state index contributed by atoms with van der Waals surface area (Å²) in [5, 5.41) is 13.3. The Labute approximate surface area is 179 Å². The van der Waals surface area contributed by atoms with Crippen LogP contribution in [-0.4, -0.2) is 45.7 Å². The summed E-state index contributed by atoms with van der Waals surface area (Å²) < 4.78 is 7.54. The molecule has 3 rings (SSSR count). The van der Waals surface area contributed by atoms with E-state index in [-0.39, 0.29) is 17.8 Å². The number of nitrogens with zero attached hydrogens (tertiary/aromatic N) is 3. The summed E-state index contributed by atoms with van der Waals surface area (Å²) in [7, 11) is 0. The van der Waals surface area contributed by atoms with Crippen LogP contribution in [0, 0.1) is 5.92 Å². The molecule has 0 saturated carbocycles. The number of benzene rings is 1. The fourth-order valence-electron chi connectivity index (χ4n) is 3.01. The zero-order chi connectivity index (χ0) is 20.1. The zero-order valence-corrected chi connectivity index (χ0v) is 18.3. The molecule has 1 aromatic carbocycles. The van der Waals surface area contributed by atoms with E-state index in [0.717, 1.165) is 31.6 Å². The Morgan fingerprint density at radius 2 is 2.21 bits per heavy atom. The molecule has 1 unspecified atom stereocenters. The van der Waals surface area contributed by atoms with E-state index in [4.69, 9.17) is 27.9 Å². The van der Waals surface area contributed by atoms with Crippen molar-refractivity contribution < 1.29 is 9.53 Å². The largest absolute Gasteiger partial charge is 0.376 e. The standard InChI is InChI=1S/C19H24Cl2N4O2S/c1-12(2)10-25-18(15-6-5-13(20)8-16(15)21)23-24-19(25)28-11-17(26)22-9-14-4-3-7-27-14/h5-6,8,12,14H,3-4,7,9-11H2,1-2H3,(H,22,26). The van der Waals surface area contributed by atoms with E-state index in [1.54, 1.807) is 12.1 Å². The van der Waals surface area contributed by atoms with Crippen LogP contribution in [0.5, 0.6) is 0 Å². The van der Waals surface area contributed by atoms with Gasteiger partial charge in [-0.25, -0.2) is 0 Å². The van der Waals surface area contributed by atoms with Crippen LogP contribution in [0.25, 0.3) is 11.4 Å². The van der Waals surface area contributed by atoms with Crippen LogP contribution in [-0.2, 0) is 16.1 Å². The van der Waals surface area contributed by atoms with Crippen LogP contribution in [0.15, 0.2) is 23.4 Å². The molecule has 0 spiro atoms. The summed E-state index contributed by atoms with van der Waals surface area (Å²) >= 11 is 13.7. The molecule has 1 amide bonds. The molecule has 2 heterocycles. The monoisotopic (exact) mass is 442 g/mol. The van der Waals surface area contributed by atoms with Crippen molar-refractivity contribution in [3.63, 3.8) is 0 Å². The molecule has 0 radical (unpaired) electrons. The molecule has 2 aromatic rings. The number of ether oxygens (including phenoxy) is 1. The average molecular weight is 443 g/mol. The van der Waals surface area contributed by atoms with Crippen LogP contribution < -0.4 is 5.32 Å². The van der Waals surface area contributed by atoms with Crippen molar-refractivity contribution >= 4 is 40.9 Å². The highest BCUT2D eigenvalue weighted by molar-refractivity contribution is 7.99. The van der Waals surface area contributed by atoms with Gasteiger partial charge in [-0.15, -0.1) is 10.2 Å². The lowest BCUT2D eigenvalue weighted by atomic mass is 10.2. The molecule has 1 aromatic heterocycles. The molecular formula is C19H24Cl2N4O2S. The van der Waals surface area contributed by atoms with Gasteiger partial charge in [0.25, 0.3) is 0 Å². The average Bonchev–Trinajstić information content (AvgIpc) is 3.28. The first kappa shape index (κ1) is 21.4. The Kier molecular flexibility index (Phi) is 7.62. The molecule has 1 aliphatic rings. The number of carbonyl (C=O) groups excluding carboxylic acids is 1. The van der Waals surface area contributed by atoms with Gasteiger partial charge in [-0.05, 0) is 37.0 Å². The van der Waals surface area contributed by atoms with E-state index in [2.05, 4.69) is 29.4 Å². The van der Waals surface area contributed by atoms with Crippen molar-refractivity contribution in [3.05, 3.63) is 28.2 Å². The minimum absolute atomic E-state index is 0.0364. The first-order chi connectivity index (χ1) is 13.4. The lowest BCUT2D eigenvalue weighted by Gasteiger charge is -2.14. The van der Waals surface area contributed by atoms with Crippen LogP contribution in [0.2, 0.25) is 10.0 Å². The summed E-state index contributed by atoms with van der Waals surface area (Å²) in [5.41, 5.74) is 0.772. The fourth-order valence-corrected chi connectivity index (χ4v) is 4.28. The van der Waals surface area contributed by atoms with Crippen molar-refractivity contribution in [2.24, 2.45) is 5.92 Å². The predicted octanol–water partition coefficient (Wildman–Crippen LogP) is 4.30. The number of nitrogens with one attached hydrogen (secondary N) is 1. The molecule has 9 heteroatoms. The van der Waals surface area contributed by atoms with Gasteiger partial charge < -0.3 is 14.6 Å². The Bertz CT molecular complexity index is 822. The summed E-state index contributed by atoms with van der Waals surface area (Å²) in [6.07, 6.45) is 2.20. The van der Waals surface area contributed by atoms with E-state index in [1.165, 1.54) is 11.8 Å². The minimum Gasteiger partial charge on any atom is -0.376 e. The smallest absolute Gasteiger partial charge is 0.230 e. The van der Waals surface area contributed by atoms with Gasteiger partial charge in [-0.3, -0.25) is 4.79 Å². The first-order valence-electron chi connectivity index (χ1n) is 9.33. The van der Waals surface area contributed by atoms with E-state index in [9.17, 15) is 4.79 Å². The van der Waals surface area contributed by atoms with Crippen LogP contribution >= 0.6 is 35.0 Å². The van der Waals surface area contributed by atoms with Crippen LogP contribution in [0.3, 0.4) is 0 Å². The number of hydrogen-bond acceptors (Lipinski definition) is 5. The Hall–Kier alpha value is -1.28. The topological polar surface area (TPSA) is 69.0 Å². The number of aromatic nitrogens is 3. The number of hydrogen-bond donors (Lipinski definition) is 1. The number of rotatable bonds is 8. The Morgan fingerprint density at radius 1 is 1.39 bits per heavy atom. The maximum absolute atomic E-state index is 12.2. The molecule has 1 saturated heterocycles. The van der Waals surface area contributed by atoms with E-state index in [1.807, 2.05) is 10.6 Å². The van der Waals surface area contributed by atoms with Gasteiger partial charge in [-0.2, -0.15) is 0 Å². The number of halogens is 2. The molecule has 1 aliphatic heterocycles. The number of amides is 1. The van der Waals surface area contributed by atoms with Crippen molar-refractivity contribution in [2.75, 3.05) is 18.9 Å². The van der Waals surface area contributed by atoms with Crippen LogP contribution in [0.1, 0.15) is 26.7 Å². The fraction of sp³-hybridized carbons (Fsp3) is 0.526. The lowest BCUT2D eigenvalue weighted by Crippen LogP contribution is -2.33. The van der Waals surface area contributed by atoms with Gasteiger partial charge in [0.1, 0.15) is 0 Å². The highest BCUT2D eigenvalue weighted by Gasteiger charge is 2.20. The summed E-state index contributed by atoms with van der Waals surface area (Å²) in [6, 6.07) is 5.31. The Morgan fingerprint density at radius 3 is 2.89 bits per heavy atom. The molecule has 152 valence electrons. The highest BCUT2D eigenvalue weighted by atomic mass is 35.5. The minimum atomic E-state index is -0.0364. The van der Waals surface area contributed by atoms with Gasteiger partial charge in [0.05, 0.1) is 16.9 Å². The molecule has 0 aliphatic carbocycles. The normalized spacial score (nSPS) is 16.7. The predicted molar refractivity (Wildman–Crippen MR) is 113 cm³/mol. The maximum atomic E-state index is 12.2. The SMILES string of the molecule is CC(C)Cn1c(SCC(=O)NCC2CCCO2)nnc1-c1ccc(Cl)cc1Cl. The van der Waals surface area contributed by atoms with Crippen molar-refractivity contribution in [2.45, 2.75) is 44.5 Å². The quantitative estimate of drug-likeness (QED) is 0.617. The third-order valence-corrected chi connectivity index (χ3v) is 5.83. The molecular weight excluding hydrogens is 419 g/mol. The van der Waals surface area contributed by atoms with Crippen molar-refractivity contribution in [1.82, 2.24) is 20.1 Å². The van der Waals surface area contributed by atoms with Gasteiger partial charge in [-0.1, -0.05) is 48.8 Å². The van der Waals surface area contributed by atoms with Crippen LogP contribution in [0.4, 0.5) is 0 Å². The summed E-state index contributed by atoms with van der Waals surface area (Å²) in [5.74, 6) is 1.30. The van der Waals surface area contributed by atoms with Gasteiger partial charge >= 0.3 is 0 Å². The highest BCUT2D eigenvalue weighted by Crippen LogP contribution is 2.32. The van der Waals surface area contributed by atoms with Gasteiger partial charge in [0, 0.05) is 30.3 Å². The molecule has 1 fully saturated rings. The lowest BCUT2D eigenvalue weighted by molar-refractivity contribution is -0.119. The van der Waals surface area contributed by atoms with Gasteiger partial charge in [0.2, 0.25) is 5.91 Å². The molecule has 28 heavy (non-hydrogen) atoms. The number of thioether (sulfide) groups is 1. The van der Waals surface area contributed by atoms with E-state index < -0.39 is 0 Å². The van der Waals surface area contributed by atoms with Crippen molar-refractivity contribution in [1.29, 1.82) is 0 Å². The second-order valence-corrected chi connectivity index (χ2v) is 8.95. The molecule has 1 N–H and O–H groups in total. The summed E-state index contributed by atoms with van der Waals surface area (Å²) in [4.78, 5) is 12.2. The number of carbonyl (C=O) groups is 1.